The van der Waals surface area contributed by atoms with Gasteiger partial charge >= 0.3 is 5.97 Å². The average molecular weight is 156 g/mol. The normalized spacial score (nSPS) is 20.5. The summed E-state index contributed by atoms with van der Waals surface area (Å²) in [6, 6.07) is 0. The zero-order valence-electron chi connectivity index (χ0n) is 6.54. The van der Waals surface area contributed by atoms with Crippen molar-refractivity contribution >= 4 is 5.97 Å². The zero-order valence-corrected chi connectivity index (χ0v) is 6.54. The van der Waals surface area contributed by atoms with E-state index in [2.05, 4.69) is 0 Å². The maximum atomic E-state index is 10.9. The second kappa shape index (κ2) is 3.53. The molecule has 3 heteroatoms. The fraction of sp³-hybridized carbons (Fsp3) is 0.625. The molecule has 0 aromatic heterocycles. The summed E-state index contributed by atoms with van der Waals surface area (Å²) in [4.78, 5) is 10.9. The number of carbonyl (C=O) groups excluding carboxylic acids is 1. The molecule has 0 amide bonds. The maximum absolute atomic E-state index is 10.9. The summed E-state index contributed by atoms with van der Waals surface area (Å²) in [6.07, 6.45) is 2.54. The first-order chi connectivity index (χ1) is 5.20. The third kappa shape index (κ3) is 2.35. The van der Waals surface area contributed by atoms with E-state index in [1.807, 2.05) is 6.08 Å². The summed E-state index contributed by atoms with van der Waals surface area (Å²) in [5, 5.41) is 8.97. The highest BCUT2D eigenvalue weighted by Gasteiger charge is 2.15. The second-order valence-corrected chi connectivity index (χ2v) is 2.71. The van der Waals surface area contributed by atoms with Crippen LogP contribution in [0.1, 0.15) is 19.8 Å². The third-order valence-electron chi connectivity index (χ3n) is 1.52. The molecule has 1 aliphatic rings. The first-order valence-electron chi connectivity index (χ1n) is 3.74. The molecule has 11 heavy (non-hydrogen) atoms. The highest BCUT2D eigenvalue weighted by atomic mass is 16.5. The molecular weight excluding hydrogens is 144 g/mol. The van der Waals surface area contributed by atoms with Crippen molar-refractivity contribution < 1.29 is 14.6 Å². The van der Waals surface area contributed by atoms with E-state index >= 15 is 0 Å². The van der Waals surface area contributed by atoms with Gasteiger partial charge in [-0.2, -0.15) is 0 Å². The molecule has 0 spiro atoms. The average Bonchev–Trinajstić information content (AvgIpc) is 1.93. The van der Waals surface area contributed by atoms with E-state index in [4.69, 9.17) is 9.84 Å². The minimum Gasteiger partial charge on any atom is -0.462 e. The molecule has 0 aromatic rings. The number of rotatable bonds is 2. The number of cyclic esters (lactones) is 1. The molecule has 0 saturated carbocycles. The number of aliphatic hydroxyl groups excluding tert-OH is 1. The van der Waals surface area contributed by atoms with Gasteiger partial charge in [0.2, 0.25) is 0 Å². The molecule has 1 rings (SSSR count). The van der Waals surface area contributed by atoms with E-state index in [9.17, 15) is 4.79 Å². The summed E-state index contributed by atoms with van der Waals surface area (Å²) in [5.74, 6) is -0.280. The van der Waals surface area contributed by atoms with E-state index in [0.29, 0.717) is 18.6 Å². The number of ether oxygens (including phenoxy) is 1. The van der Waals surface area contributed by atoms with Gasteiger partial charge in [-0.1, -0.05) is 6.08 Å². The standard InChI is InChI=1S/C8H12O3/c1-6(9)5-7-3-2-4-11-8(7)10/h3,6,9H,2,4-5H2,1H3. The molecule has 1 atom stereocenters. The molecule has 1 heterocycles. The monoisotopic (exact) mass is 156 g/mol. The van der Waals surface area contributed by atoms with Crippen molar-refractivity contribution in [3.8, 4) is 0 Å². The Kier molecular flexibility index (Phi) is 2.65. The van der Waals surface area contributed by atoms with Crippen molar-refractivity contribution in [3.63, 3.8) is 0 Å². The molecule has 1 aliphatic heterocycles. The van der Waals surface area contributed by atoms with E-state index in [1.165, 1.54) is 0 Å². The first kappa shape index (κ1) is 8.27. The number of hydrogen-bond acceptors (Lipinski definition) is 3. The van der Waals surface area contributed by atoms with Crippen LogP contribution in [0.2, 0.25) is 0 Å². The smallest absolute Gasteiger partial charge is 0.333 e. The van der Waals surface area contributed by atoms with Gasteiger partial charge in [-0.15, -0.1) is 0 Å². The van der Waals surface area contributed by atoms with Gasteiger partial charge in [0.15, 0.2) is 0 Å². The molecule has 0 fully saturated rings. The van der Waals surface area contributed by atoms with Gasteiger partial charge in [0.1, 0.15) is 0 Å². The SMILES string of the molecule is CC(O)CC1=CCCOC1=O. The summed E-state index contributed by atoms with van der Waals surface area (Å²) in [7, 11) is 0. The molecule has 0 radical (unpaired) electrons. The second-order valence-electron chi connectivity index (χ2n) is 2.71. The van der Waals surface area contributed by atoms with Crippen LogP contribution < -0.4 is 0 Å². The van der Waals surface area contributed by atoms with Crippen molar-refractivity contribution in [2.24, 2.45) is 0 Å². The van der Waals surface area contributed by atoms with E-state index in [-0.39, 0.29) is 5.97 Å². The zero-order chi connectivity index (χ0) is 8.27. The van der Waals surface area contributed by atoms with Crippen molar-refractivity contribution in [2.75, 3.05) is 6.61 Å². The van der Waals surface area contributed by atoms with Crippen molar-refractivity contribution in [1.29, 1.82) is 0 Å². The van der Waals surface area contributed by atoms with Gasteiger partial charge in [-0.05, 0) is 6.92 Å². The predicted molar refractivity (Wildman–Crippen MR) is 40.0 cm³/mol. The molecule has 1 unspecified atom stereocenters. The number of carbonyl (C=O) groups is 1. The lowest BCUT2D eigenvalue weighted by Gasteiger charge is -2.13. The van der Waals surface area contributed by atoms with Crippen LogP contribution in [0.5, 0.6) is 0 Å². The van der Waals surface area contributed by atoms with Crippen LogP contribution in [-0.2, 0) is 9.53 Å². The summed E-state index contributed by atoms with van der Waals surface area (Å²) >= 11 is 0. The Hall–Kier alpha value is -0.830. The van der Waals surface area contributed by atoms with Crippen LogP contribution >= 0.6 is 0 Å². The lowest BCUT2D eigenvalue weighted by atomic mass is 10.1. The fourth-order valence-corrected chi connectivity index (χ4v) is 1.05. The third-order valence-corrected chi connectivity index (χ3v) is 1.52. The molecule has 0 aliphatic carbocycles. The van der Waals surface area contributed by atoms with Gasteiger partial charge in [-0.3, -0.25) is 0 Å². The van der Waals surface area contributed by atoms with Crippen molar-refractivity contribution in [3.05, 3.63) is 11.6 Å². The van der Waals surface area contributed by atoms with Crippen LogP contribution in [0.4, 0.5) is 0 Å². The number of hydrogen-bond donors (Lipinski definition) is 1. The minimum atomic E-state index is -0.466. The lowest BCUT2D eigenvalue weighted by molar-refractivity contribution is -0.140. The van der Waals surface area contributed by atoms with E-state index < -0.39 is 6.10 Å². The summed E-state index contributed by atoms with van der Waals surface area (Å²) in [6.45, 7) is 2.13. The lowest BCUT2D eigenvalue weighted by Crippen LogP contribution is -2.17. The minimum absolute atomic E-state index is 0.280. The topological polar surface area (TPSA) is 46.5 Å². The largest absolute Gasteiger partial charge is 0.462 e. The molecule has 62 valence electrons. The Bertz CT molecular complexity index is 182. The summed E-state index contributed by atoms with van der Waals surface area (Å²) in [5.41, 5.74) is 0.603. The van der Waals surface area contributed by atoms with Crippen LogP contribution in [-0.4, -0.2) is 23.8 Å². The molecule has 0 saturated heterocycles. The Morgan fingerprint density at radius 1 is 1.82 bits per heavy atom. The maximum Gasteiger partial charge on any atom is 0.333 e. The van der Waals surface area contributed by atoms with Gasteiger partial charge < -0.3 is 9.84 Å². The number of aliphatic hydroxyl groups is 1. The Morgan fingerprint density at radius 3 is 3.09 bits per heavy atom. The Balaban J connectivity index is 2.54. The first-order valence-corrected chi connectivity index (χ1v) is 3.74. The molecule has 1 N–H and O–H groups in total. The van der Waals surface area contributed by atoms with Crippen molar-refractivity contribution in [2.45, 2.75) is 25.9 Å². The quantitative estimate of drug-likeness (QED) is 0.596. The molecule has 3 nitrogen and oxygen atoms in total. The van der Waals surface area contributed by atoms with E-state index in [1.54, 1.807) is 6.92 Å². The predicted octanol–water partition coefficient (Wildman–Crippen LogP) is 0.631. The molecule has 0 aromatic carbocycles. The van der Waals surface area contributed by atoms with Gasteiger partial charge in [0, 0.05) is 18.4 Å². The van der Waals surface area contributed by atoms with Crippen LogP contribution in [0.15, 0.2) is 11.6 Å². The summed E-state index contributed by atoms with van der Waals surface area (Å²) < 4.78 is 4.77. The fourth-order valence-electron chi connectivity index (χ4n) is 1.05. The van der Waals surface area contributed by atoms with Crippen molar-refractivity contribution in [1.82, 2.24) is 0 Å². The van der Waals surface area contributed by atoms with Crippen LogP contribution in [0.25, 0.3) is 0 Å². The van der Waals surface area contributed by atoms with Crippen LogP contribution in [0, 0.1) is 0 Å². The Labute approximate surface area is 65.7 Å². The van der Waals surface area contributed by atoms with Gasteiger partial charge in [0.25, 0.3) is 0 Å². The van der Waals surface area contributed by atoms with Crippen LogP contribution in [0.3, 0.4) is 0 Å². The molecular formula is C8H12O3. The van der Waals surface area contributed by atoms with Gasteiger partial charge in [-0.25, -0.2) is 4.79 Å². The number of esters is 1. The Morgan fingerprint density at radius 2 is 2.55 bits per heavy atom. The van der Waals surface area contributed by atoms with E-state index in [0.717, 1.165) is 6.42 Å². The highest BCUT2D eigenvalue weighted by Crippen LogP contribution is 2.13. The van der Waals surface area contributed by atoms with Gasteiger partial charge in [0.05, 0.1) is 12.7 Å². The molecule has 0 bridgehead atoms. The highest BCUT2D eigenvalue weighted by molar-refractivity contribution is 5.89.